The standard InChI is InChI=1S/C23H27N5O4/c1-28-19(14-18(27-28)17-6-4-5-7-20(17)30-2)21(29)26-15-8-10-16(11-9-15)32-23-22(31-3)24-12-13-25-23/h4-7,12-16H,8-11H2,1-3H3,(H,26,29). The maximum absolute atomic E-state index is 12.9. The summed E-state index contributed by atoms with van der Waals surface area (Å²) in [4.78, 5) is 21.2. The van der Waals surface area contributed by atoms with E-state index >= 15 is 0 Å². The van der Waals surface area contributed by atoms with Crippen LogP contribution in [0.2, 0.25) is 0 Å². The first-order valence-electron chi connectivity index (χ1n) is 10.6. The predicted molar refractivity (Wildman–Crippen MR) is 118 cm³/mol. The van der Waals surface area contributed by atoms with Crippen LogP contribution in [0.15, 0.2) is 42.7 Å². The molecule has 0 aliphatic heterocycles. The Morgan fingerprint density at radius 3 is 2.47 bits per heavy atom. The molecule has 0 radical (unpaired) electrons. The fourth-order valence-electron chi connectivity index (χ4n) is 3.94. The summed E-state index contributed by atoms with van der Waals surface area (Å²) in [6, 6.07) is 9.50. The van der Waals surface area contributed by atoms with Gasteiger partial charge in [-0.05, 0) is 43.9 Å². The summed E-state index contributed by atoms with van der Waals surface area (Å²) in [6.07, 6.45) is 6.41. The fourth-order valence-corrected chi connectivity index (χ4v) is 3.94. The van der Waals surface area contributed by atoms with Crippen LogP contribution in [-0.4, -0.2) is 52.0 Å². The summed E-state index contributed by atoms with van der Waals surface area (Å²) in [5.74, 6) is 1.36. The summed E-state index contributed by atoms with van der Waals surface area (Å²) in [5, 5.41) is 7.65. The molecule has 168 valence electrons. The SMILES string of the molecule is COc1ccccc1-c1cc(C(=O)NC2CCC(Oc3nccnc3OC)CC2)n(C)n1. The number of rotatable bonds is 7. The topological polar surface area (TPSA) is 100 Å². The van der Waals surface area contributed by atoms with Gasteiger partial charge in [0.05, 0.1) is 19.9 Å². The zero-order chi connectivity index (χ0) is 22.5. The van der Waals surface area contributed by atoms with E-state index in [1.807, 2.05) is 24.3 Å². The van der Waals surface area contributed by atoms with Crippen LogP contribution in [0.3, 0.4) is 0 Å². The van der Waals surface area contributed by atoms with Gasteiger partial charge in [-0.1, -0.05) is 12.1 Å². The van der Waals surface area contributed by atoms with E-state index in [1.165, 1.54) is 0 Å². The largest absolute Gasteiger partial charge is 0.496 e. The van der Waals surface area contributed by atoms with Crippen LogP contribution in [0, 0.1) is 0 Å². The number of ether oxygens (including phenoxy) is 3. The number of aryl methyl sites for hydroxylation is 1. The maximum atomic E-state index is 12.9. The second-order valence-corrected chi connectivity index (χ2v) is 7.67. The van der Waals surface area contributed by atoms with E-state index < -0.39 is 0 Å². The summed E-state index contributed by atoms with van der Waals surface area (Å²) in [5.41, 5.74) is 2.06. The molecule has 2 heterocycles. The number of methoxy groups -OCH3 is 2. The Kier molecular flexibility index (Phi) is 6.53. The number of nitrogens with zero attached hydrogens (tertiary/aromatic N) is 4. The number of benzene rings is 1. The molecule has 1 aliphatic carbocycles. The van der Waals surface area contributed by atoms with Gasteiger partial charge in [0.15, 0.2) is 0 Å². The van der Waals surface area contributed by atoms with Crippen LogP contribution >= 0.6 is 0 Å². The molecule has 1 saturated carbocycles. The predicted octanol–water partition coefficient (Wildman–Crippen LogP) is 3.01. The van der Waals surface area contributed by atoms with Crippen LogP contribution in [-0.2, 0) is 7.05 Å². The van der Waals surface area contributed by atoms with Gasteiger partial charge in [-0.15, -0.1) is 0 Å². The zero-order valence-corrected chi connectivity index (χ0v) is 18.4. The van der Waals surface area contributed by atoms with Crippen molar-refractivity contribution in [3.05, 3.63) is 48.4 Å². The van der Waals surface area contributed by atoms with Crippen LogP contribution in [0.25, 0.3) is 11.3 Å². The van der Waals surface area contributed by atoms with Gasteiger partial charge >= 0.3 is 0 Å². The average molecular weight is 438 g/mol. The Bertz CT molecular complexity index is 1080. The van der Waals surface area contributed by atoms with Gasteiger partial charge in [0.2, 0.25) is 0 Å². The number of nitrogens with one attached hydrogen (secondary N) is 1. The van der Waals surface area contributed by atoms with Gasteiger partial charge in [-0.3, -0.25) is 9.48 Å². The quantitative estimate of drug-likeness (QED) is 0.606. The van der Waals surface area contributed by atoms with Crippen molar-refractivity contribution in [2.75, 3.05) is 14.2 Å². The maximum Gasteiger partial charge on any atom is 0.278 e. The number of hydrogen-bond donors (Lipinski definition) is 1. The summed E-state index contributed by atoms with van der Waals surface area (Å²) in [7, 11) is 4.93. The van der Waals surface area contributed by atoms with Crippen LogP contribution in [0.5, 0.6) is 17.5 Å². The lowest BCUT2D eigenvalue weighted by atomic mass is 9.93. The first kappa shape index (κ1) is 21.6. The minimum atomic E-state index is -0.138. The van der Waals surface area contributed by atoms with Crippen molar-refractivity contribution in [3.63, 3.8) is 0 Å². The van der Waals surface area contributed by atoms with Gasteiger partial charge < -0.3 is 19.5 Å². The number of carbonyl (C=O) groups excluding carboxylic acids is 1. The molecule has 4 rings (SSSR count). The highest BCUT2D eigenvalue weighted by Gasteiger charge is 2.26. The van der Waals surface area contributed by atoms with Crippen molar-refractivity contribution in [1.29, 1.82) is 0 Å². The number of carbonyl (C=O) groups is 1. The molecule has 2 aromatic heterocycles. The van der Waals surface area contributed by atoms with E-state index in [2.05, 4.69) is 20.4 Å². The zero-order valence-electron chi connectivity index (χ0n) is 18.4. The van der Waals surface area contributed by atoms with E-state index in [1.54, 1.807) is 44.4 Å². The highest BCUT2D eigenvalue weighted by molar-refractivity contribution is 5.94. The number of para-hydroxylation sites is 1. The number of aromatic nitrogens is 4. The molecule has 3 aromatic rings. The average Bonchev–Trinajstić information content (AvgIpc) is 3.22. The Morgan fingerprint density at radius 2 is 1.75 bits per heavy atom. The molecular weight excluding hydrogens is 410 g/mol. The Balaban J connectivity index is 1.36. The van der Waals surface area contributed by atoms with Crippen LogP contribution < -0.4 is 19.5 Å². The van der Waals surface area contributed by atoms with Gasteiger partial charge in [-0.2, -0.15) is 5.10 Å². The molecule has 0 atom stereocenters. The van der Waals surface area contributed by atoms with E-state index in [0.29, 0.717) is 23.1 Å². The summed E-state index contributed by atoms with van der Waals surface area (Å²) < 4.78 is 18.2. The Morgan fingerprint density at radius 1 is 1.03 bits per heavy atom. The first-order chi connectivity index (χ1) is 15.6. The van der Waals surface area contributed by atoms with E-state index in [9.17, 15) is 4.79 Å². The lowest BCUT2D eigenvalue weighted by Crippen LogP contribution is -2.40. The van der Waals surface area contributed by atoms with Gasteiger partial charge in [0.25, 0.3) is 17.7 Å². The highest BCUT2D eigenvalue weighted by Crippen LogP contribution is 2.30. The molecule has 1 fully saturated rings. The van der Waals surface area contributed by atoms with Gasteiger partial charge in [-0.25, -0.2) is 9.97 Å². The van der Waals surface area contributed by atoms with Crippen molar-refractivity contribution >= 4 is 5.91 Å². The molecule has 1 N–H and O–H groups in total. The third kappa shape index (κ3) is 4.66. The Hall–Kier alpha value is -3.62. The van der Waals surface area contributed by atoms with E-state index in [4.69, 9.17) is 14.2 Å². The summed E-state index contributed by atoms with van der Waals surface area (Å²) >= 11 is 0. The molecule has 1 aliphatic rings. The molecular formula is C23H27N5O4. The van der Waals surface area contributed by atoms with Crippen molar-refractivity contribution < 1.29 is 19.0 Å². The molecule has 9 heteroatoms. The van der Waals surface area contributed by atoms with Gasteiger partial charge in [0, 0.05) is 31.0 Å². The second kappa shape index (κ2) is 9.67. The molecule has 32 heavy (non-hydrogen) atoms. The van der Waals surface area contributed by atoms with Crippen molar-refractivity contribution in [1.82, 2.24) is 25.1 Å². The van der Waals surface area contributed by atoms with E-state index in [-0.39, 0.29) is 18.1 Å². The number of hydrogen-bond acceptors (Lipinski definition) is 7. The van der Waals surface area contributed by atoms with Crippen LogP contribution in [0.4, 0.5) is 0 Å². The molecule has 0 saturated heterocycles. The third-order valence-electron chi connectivity index (χ3n) is 5.61. The lowest BCUT2D eigenvalue weighted by Gasteiger charge is -2.29. The third-order valence-corrected chi connectivity index (χ3v) is 5.61. The fraction of sp³-hybridized carbons (Fsp3) is 0.391. The molecule has 0 unspecified atom stereocenters. The number of amides is 1. The molecule has 9 nitrogen and oxygen atoms in total. The smallest absolute Gasteiger partial charge is 0.278 e. The molecule has 0 bridgehead atoms. The second-order valence-electron chi connectivity index (χ2n) is 7.67. The minimum absolute atomic E-state index is 0.0163. The lowest BCUT2D eigenvalue weighted by molar-refractivity contribution is 0.0877. The first-order valence-corrected chi connectivity index (χ1v) is 10.6. The Labute approximate surface area is 186 Å². The molecule has 1 aromatic carbocycles. The van der Waals surface area contributed by atoms with Gasteiger partial charge in [0.1, 0.15) is 17.5 Å². The van der Waals surface area contributed by atoms with Crippen molar-refractivity contribution in [3.8, 4) is 28.8 Å². The van der Waals surface area contributed by atoms with Crippen LogP contribution in [0.1, 0.15) is 36.2 Å². The summed E-state index contributed by atoms with van der Waals surface area (Å²) in [6.45, 7) is 0. The highest BCUT2D eigenvalue weighted by atomic mass is 16.5. The molecule has 0 spiro atoms. The molecule has 1 amide bonds. The minimum Gasteiger partial charge on any atom is -0.496 e. The van der Waals surface area contributed by atoms with Crippen molar-refractivity contribution in [2.45, 2.75) is 37.8 Å². The van der Waals surface area contributed by atoms with Crippen molar-refractivity contribution in [2.24, 2.45) is 7.05 Å². The van der Waals surface area contributed by atoms with E-state index in [0.717, 1.165) is 37.0 Å². The normalized spacial score (nSPS) is 18.1. The monoisotopic (exact) mass is 437 g/mol.